The Kier molecular flexibility index (Phi) is 5.49. The highest BCUT2D eigenvalue weighted by molar-refractivity contribution is 5.48. The van der Waals surface area contributed by atoms with Gasteiger partial charge in [0, 0.05) is 18.8 Å². The minimum atomic E-state index is 0.490. The first-order valence-electron chi connectivity index (χ1n) is 8.93. The van der Waals surface area contributed by atoms with Crippen LogP contribution in [0, 0.1) is 0 Å². The summed E-state index contributed by atoms with van der Waals surface area (Å²) in [6, 6.07) is 12.6. The average Bonchev–Trinajstić information content (AvgIpc) is 2.78. The molecule has 0 saturated heterocycles. The molecular weight excluding hydrogens is 312 g/mol. The first-order valence-corrected chi connectivity index (χ1v) is 8.93. The van der Waals surface area contributed by atoms with E-state index in [9.17, 15) is 0 Å². The van der Waals surface area contributed by atoms with E-state index in [1.54, 1.807) is 14.2 Å². The van der Waals surface area contributed by atoms with Crippen LogP contribution in [0.2, 0.25) is 0 Å². The number of fused-ring (bicyclic) bond motifs is 1. The van der Waals surface area contributed by atoms with Crippen molar-refractivity contribution in [3.8, 4) is 11.5 Å². The van der Waals surface area contributed by atoms with Crippen LogP contribution in [-0.2, 0) is 6.42 Å². The van der Waals surface area contributed by atoms with E-state index in [0.717, 1.165) is 43.1 Å². The number of aryl methyl sites for hydroxylation is 1. The molecular formula is C21H28N2O2. The van der Waals surface area contributed by atoms with Gasteiger partial charge in [-0.2, -0.15) is 0 Å². The Morgan fingerprint density at radius 2 is 1.80 bits per heavy atom. The molecule has 2 aromatic rings. The van der Waals surface area contributed by atoms with Crippen molar-refractivity contribution >= 4 is 5.69 Å². The van der Waals surface area contributed by atoms with E-state index in [4.69, 9.17) is 15.2 Å². The van der Waals surface area contributed by atoms with Gasteiger partial charge < -0.3 is 20.5 Å². The van der Waals surface area contributed by atoms with Crippen LogP contribution in [0.25, 0.3) is 0 Å². The number of nitrogen functional groups attached to an aromatic ring is 1. The molecule has 2 aromatic carbocycles. The molecule has 0 radical (unpaired) electrons. The van der Waals surface area contributed by atoms with Crippen molar-refractivity contribution in [2.75, 3.05) is 33.0 Å². The number of hydrogen-bond acceptors (Lipinski definition) is 4. The number of nitrogens with one attached hydrogen (secondary N) is 1. The molecule has 3 N–H and O–H groups in total. The van der Waals surface area contributed by atoms with E-state index in [1.165, 1.54) is 16.7 Å². The zero-order chi connectivity index (χ0) is 17.8. The maximum Gasteiger partial charge on any atom is 0.160 e. The molecule has 4 heteroatoms. The molecule has 0 saturated carbocycles. The molecule has 0 spiro atoms. The van der Waals surface area contributed by atoms with Crippen LogP contribution >= 0.6 is 0 Å². The van der Waals surface area contributed by atoms with Crippen LogP contribution < -0.4 is 20.5 Å². The van der Waals surface area contributed by atoms with Crippen LogP contribution in [0.5, 0.6) is 11.5 Å². The Morgan fingerprint density at radius 1 is 1.00 bits per heavy atom. The van der Waals surface area contributed by atoms with Gasteiger partial charge in [0.25, 0.3) is 0 Å². The van der Waals surface area contributed by atoms with Crippen molar-refractivity contribution in [1.82, 2.24) is 5.32 Å². The molecule has 0 aliphatic carbocycles. The van der Waals surface area contributed by atoms with Crippen molar-refractivity contribution in [2.24, 2.45) is 0 Å². The molecule has 25 heavy (non-hydrogen) atoms. The number of benzene rings is 2. The lowest BCUT2D eigenvalue weighted by molar-refractivity contribution is 0.354. The first kappa shape index (κ1) is 17.6. The van der Waals surface area contributed by atoms with Crippen LogP contribution in [0.4, 0.5) is 5.69 Å². The predicted molar refractivity (Wildman–Crippen MR) is 103 cm³/mol. The van der Waals surface area contributed by atoms with Gasteiger partial charge in [-0.05, 0) is 65.6 Å². The van der Waals surface area contributed by atoms with Crippen LogP contribution in [0.3, 0.4) is 0 Å². The highest BCUT2D eigenvalue weighted by Crippen LogP contribution is 2.34. The van der Waals surface area contributed by atoms with Gasteiger partial charge in [-0.25, -0.2) is 0 Å². The zero-order valence-electron chi connectivity index (χ0n) is 15.3. The van der Waals surface area contributed by atoms with Gasteiger partial charge in [0.05, 0.1) is 14.2 Å². The van der Waals surface area contributed by atoms with E-state index in [-0.39, 0.29) is 0 Å². The standard InChI is InChI=1S/C21H28N2O2/c1-14-12-23-13-16(18-8-7-17(22)11-19(14)18)6-4-15-5-9-20(24-2)21(10-15)25-3/h5,7-11,14,16,23H,4,6,12-13,22H2,1-3H3/t14?,16-/m1/s1. The number of anilines is 1. The SMILES string of the molecule is COc1ccc(CC[C@@H]2CNCC(C)c3cc(N)ccc32)cc1OC. The number of nitrogens with two attached hydrogens (primary N) is 1. The van der Waals surface area contributed by atoms with E-state index in [2.05, 4.69) is 36.5 Å². The van der Waals surface area contributed by atoms with Gasteiger partial charge in [0.2, 0.25) is 0 Å². The maximum atomic E-state index is 6.02. The van der Waals surface area contributed by atoms with Gasteiger partial charge in [0.1, 0.15) is 0 Å². The fourth-order valence-electron chi connectivity index (χ4n) is 3.72. The monoisotopic (exact) mass is 340 g/mol. The Balaban J connectivity index is 1.78. The molecule has 0 fully saturated rings. The first-order chi connectivity index (χ1) is 12.1. The molecule has 1 aliphatic heterocycles. The van der Waals surface area contributed by atoms with Crippen LogP contribution in [-0.4, -0.2) is 27.3 Å². The van der Waals surface area contributed by atoms with Crippen molar-refractivity contribution in [2.45, 2.75) is 31.6 Å². The molecule has 0 aromatic heterocycles. The quantitative estimate of drug-likeness (QED) is 0.815. The van der Waals surface area contributed by atoms with Gasteiger partial charge >= 0.3 is 0 Å². The average molecular weight is 340 g/mol. The van der Waals surface area contributed by atoms with E-state index < -0.39 is 0 Å². The zero-order valence-corrected chi connectivity index (χ0v) is 15.3. The molecule has 3 rings (SSSR count). The Labute approximate surface area is 150 Å². The smallest absolute Gasteiger partial charge is 0.160 e. The van der Waals surface area contributed by atoms with Gasteiger partial charge in [-0.15, -0.1) is 0 Å². The fraction of sp³-hybridized carbons (Fsp3) is 0.429. The van der Waals surface area contributed by atoms with E-state index in [0.29, 0.717) is 11.8 Å². The molecule has 0 amide bonds. The topological polar surface area (TPSA) is 56.5 Å². The Hall–Kier alpha value is -2.20. The number of methoxy groups -OCH3 is 2. The second kappa shape index (κ2) is 7.79. The van der Waals surface area contributed by atoms with E-state index >= 15 is 0 Å². The third-order valence-electron chi connectivity index (χ3n) is 5.15. The van der Waals surface area contributed by atoms with Crippen LogP contribution in [0.1, 0.15) is 41.9 Å². The van der Waals surface area contributed by atoms with E-state index in [1.807, 2.05) is 12.1 Å². The molecule has 4 nitrogen and oxygen atoms in total. The van der Waals surface area contributed by atoms with Crippen molar-refractivity contribution in [1.29, 1.82) is 0 Å². The largest absolute Gasteiger partial charge is 0.493 e. The molecule has 134 valence electrons. The summed E-state index contributed by atoms with van der Waals surface area (Å²) in [5.74, 6) is 2.55. The van der Waals surface area contributed by atoms with Crippen molar-refractivity contribution in [3.05, 3.63) is 53.1 Å². The summed E-state index contributed by atoms with van der Waals surface area (Å²) in [6.45, 7) is 4.28. The number of hydrogen-bond donors (Lipinski definition) is 2. The summed E-state index contributed by atoms with van der Waals surface area (Å²) in [5, 5.41) is 3.61. The minimum absolute atomic E-state index is 0.490. The summed E-state index contributed by atoms with van der Waals surface area (Å²) >= 11 is 0. The van der Waals surface area contributed by atoms with Crippen molar-refractivity contribution in [3.63, 3.8) is 0 Å². The highest BCUT2D eigenvalue weighted by atomic mass is 16.5. The molecule has 1 unspecified atom stereocenters. The normalized spacial score (nSPS) is 19.8. The van der Waals surface area contributed by atoms with Gasteiger partial charge in [-0.3, -0.25) is 0 Å². The number of ether oxygens (including phenoxy) is 2. The third kappa shape index (κ3) is 3.90. The fourth-order valence-corrected chi connectivity index (χ4v) is 3.72. The minimum Gasteiger partial charge on any atom is -0.493 e. The molecule has 1 aliphatic rings. The lowest BCUT2D eigenvalue weighted by atomic mass is 9.86. The second-order valence-electron chi connectivity index (χ2n) is 6.87. The Morgan fingerprint density at radius 3 is 2.56 bits per heavy atom. The maximum absolute atomic E-state index is 6.02. The summed E-state index contributed by atoms with van der Waals surface area (Å²) in [7, 11) is 3.34. The number of rotatable bonds is 5. The summed E-state index contributed by atoms with van der Waals surface area (Å²) in [6.07, 6.45) is 2.09. The third-order valence-corrected chi connectivity index (χ3v) is 5.15. The highest BCUT2D eigenvalue weighted by Gasteiger charge is 2.22. The lowest BCUT2D eigenvalue weighted by Gasteiger charge is -2.19. The Bertz CT molecular complexity index is 730. The molecule has 1 heterocycles. The lowest BCUT2D eigenvalue weighted by Crippen LogP contribution is -2.21. The molecule has 0 bridgehead atoms. The predicted octanol–water partition coefficient (Wildman–Crippen LogP) is 3.71. The van der Waals surface area contributed by atoms with Crippen LogP contribution in [0.15, 0.2) is 36.4 Å². The summed E-state index contributed by atoms with van der Waals surface area (Å²) < 4.78 is 10.7. The summed E-state index contributed by atoms with van der Waals surface area (Å²) in [5.41, 5.74) is 11.0. The second-order valence-corrected chi connectivity index (χ2v) is 6.87. The molecule has 2 atom stereocenters. The summed E-state index contributed by atoms with van der Waals surface area (Å²) in [4.78, 5) is 0. The van der Waals surface area contributed by atoms with Crippen molar-refractivity contribution < 1.29 is 9.47 Å². The van der Waals surface area contributed by atoms with Gasteiger partial charge in [-0.1, -0.05) is 19.1 Å². The van der Waals surface area contributed by atoms with Gasteiger partial charge in [0.15, 0.2) is 11.5 Å².